The highest BCUT2D eigenvalue weighted by molar-refractivity contribution is 6.02. The van der Waals surface area contributed by atoms with Crippen LogP contribution in [0.4, 0.5) is 8.78 Å². The van der Waals surface area contributed by atoms with E-state index in [0.717, 1.165) is 12.1 Å². The summed E-state index contributed by atoms with van der Waals surface area (Å²) in [6, 6.07) is 4.08. The molecule has 0 fully saturated rings. The molecule has 0 aliphatic heterocycles. The molecule has 0 bridgehead atoms. The van der Waals surface area contributed by atoms with Crippen molar-refractivity contribution in [1.82, 2.24) is 15.0 Å². The third-order valence-corrected chi connectivity index (χ3v) is 3.95. The number of rotatable bonds is 4. The Bertz CT molecular complexity index is 1110. The number of aromatic hydroxyl groups is 1. The van der Waals surface area contributed by atoms with Crippen LogP contribution in [0.15, 0.2) is 35.3 Å². The maximum absolute atomic E-state index is 13.7. The van der Waals surface area contributed by atoms with Gasteiger partial charge in [-0.2, -0.15) is 0 Å². The van der Waals surface area contributed by atoms with E-state index in [1.54, 1.807) is 0 Å². The van der Waals surface area contributed by atoms with Gasteiger partial charge in [-0.1, -0.05) is 6.07 Å². The van der Waals surface area contributed by atoms with Gasteiger partial charge in [-0.25, -0.2) is 13.8 Å². The van der Waals surface area contributed by atoms with E-state index in [2.05, 4.69) is 10.3 Å². The van der Waals surface area contributed by atoms with E-state index in [1.807, 2.05) is 0 Å². The highest BCUT2D eigenvalue weighted by Gasteiger charge is 2.24. The third kappa shape index (κ3) is 3.17. The van der Waals surface area contributed by atoms with Gasteiger partial charge >= 0.3 is 5.56 Å². The summed E-state index contributed by atoms with van der Waals surface area (Å²) in [6.45, 7) is -0.945. The molecule has 10 heteroatoms. The standard InChI is InChI=1S/C17H13F2N3O5/c18-10-2-1-8(11(19)5-10)6-21-16(25)13-14(24)12-9(7-23)3-4-20-15(12)22(27)17(13)26/h1-5,23-24,27H,6-7H2,(H,21,25). The zero-order chi connectivity index (χ0) is 19.7. The van der Waals surface area contributed by atoms with Crippen LogP contribution in [0.25, 0.3) is 11.0 Å². The summed E-state index contributed by atoms with van der Waals surface area (Å²) in [5, 5.41) is 31.7. The lowest BCUT2D eigenvalue weighted by molar-refractivity contribution is 0.0940. The average Bonchev–Trinajstić information content (AvgIpc) is 2.65. The molecule has 27 heavy (non-hydrogen) atoms. The van der Waals surface area contributed by atoms with Gasteiger partial charge in [0.15, 0.2) is 11.2 Å². The fourth-order valence-corrected chi connectivity index (χ4v) is 2.60. The Balaban J connectivity index is 2.03. The SMILES string of the molecule is O=C(NCc1ccc(F)cc1F)c1c(O)c2c(CO)ccnc2n(O)c1=O. The maximum Gasteiger partial charge on any atom is 0.301 e. The number of halogens is 2. The first kappa shape index (κ1) is 18.3. The van der Waals surface area contributed by atoms with E-state index < -0.39 is 47.6 Å². The molecule has 0 saturated carbocycles. The van der Waals surface area contributed by atoms with Crippen LogP contribution in [0.3, 0.4) is 0 Å². The number of hydrogen-bond donors (Lipinski definition) is 4. The highest BCUT2D eigenvalue weighted by Crippen LogP contribution is 2.28. The number of nitrogens with one attached hydrogen (secondary N) is 1. The second-order valence-corrected chi connectivity index (χ2v) is 5.59. The van der Waals surface area contributed by atoms with E-state index in [0.29, 0.717) is 6.07 Å². The van der Waals surface area contributed by atoms with Crippen LogP contribution >= 0.6 is 0 Å². The highest BCUT2D eigenvalue weighted by atomic mass is 19.1. The molecule has 0 unspecified atom stereocenters. The lowest BCUT2D eigenvalue weighted by Crippen LogP contribution is -2.33. The smallest absolute Gasteiger partial charge is 0.301 e. The zero-order valence-corrected chi connectivity index (χ0v) is 13.6. The van der Waals surface area contributed by atoms with Crippen LogP contribution in [0.1, 0.15) is 21.5 Å². The van der Waals surface area contributed by atoms with Gasteiger partial charge in [-0.15, -0.1) is 4.73 Å². The first-order valence-electron chi connectivity index (χ1n) is 7.63. The van der Waals surface area contributed by atoms with Crippen molar-refractivity contribution >= 4 is 16.9 Å². The Kier molecular flexibility index (Phi) is 4.74. The predicted octanol–water partition coefficient (Wildman–Crippen LogP) is 1.04. The van der Waals surface area contributed by atoms with Gasteiger partial charge in [0.1, 0.15) is 17.4 Å². The number of carbonyl (C=O) groups excluding carboxylic acids is 1. The van der Waals surface area contributed by atoms with E-state index in [4.69, 9.17) is 0 Å². The van der Waals surface area contributed by atoms with E-state index in [9.17, 15) is 33.8 Å². The van der Waals surface area contributed by atoms with Crippen molar-refractivity contribution in [2.45, 2.75) is 13.2 Å². The van der Waals surface area contributed by atoms with Crippen LogP contribution < -0.4 is 10.9 Å². The molecule has 0 spiro atoms. The largest absolute Gasteiger partial charge is 0.506 e. The summed E-state index contributed by atoms with van der Waals surface area (Å²) in [5.41, 5.74) is -2.33. The number of carbonyl (C=O) groups is 1. The summed E-state index contributed by atoms with van der Waals surface area (Å²) in [5.74, 6) is -3.57. The number of nitrogens with zero attached hydrogens (tertiary/aromatic N) is 2. The lowest BCUT2D eigenvalue weighted by Gasteiger charge is -2.12. The van der Waals surface area contributed by atoms with Gasteiger partial charge in [0.05, 0.1) is 12.0 Å². The molecule has 1 aromatic carbocycles. The Hall–Kier alpha value is -3.53. The van der Waals surface area contributed by atoms with Crippen molar-refractivity contribution in [2.75, 3.05) is 0 Å². The van der Waals surface area contributed by atoms with Crippen molar-refractivity contribution in [1.29, 1.82) is 0 Å². The Morgan fingerprint density at radius 1 is 1.22 bits per heavy atom. The van der Waals surface area contributed by atoms with E-state index >= 15 is 0 Å². The number of aromatic nitrogens is 2. The molecular weight excluding hydrogens is 364 g/mol. The fourth-order valence-electron chi connectivity index (χ4n) is 2.60. The molecule has 2 aromatic heterocycles. The molecule has 0 aliphatic rings. The second kappa shape index (κ2) is 7.00. The van der Waals surface area contributed by atoms with Crippen LogP contribution in [-0.2, 0) is 13.2 Å². The number of benzene rings is 1. The molecular formula is C17H13F2N3O5. The number of amides is 1. The number of aliphatic hydroxyl groups excluding tert-OH is 1. The van der Waals surface area contributed by atoms with Gasteiger partial charge in [-0.05, 0) is 17.7 Å². The molecule has 3 aromatic rings. The van der Waals surface area contributed by atoms with Crippen LogP contribution in [-0.4, -0.2) is 31.0 Å². The van der Waals surface area contributed by atoms with Crippen molar-refractivity contribution < 1.29 is 29.0 Å². The normalized spacial score (nSPS) is 10.9. The van der Waals surface area contributed by atoms with Crippen molar-refractivity contribution in [3.63, 3.8) is 0 Å². The molecule has 2 heterocycles. The predicted molar refractivity (Wildman–Crippen MR) is 88.3 cm³/mol. The minimum Gasteiger partial charge on any atom is -0.506 e. The summed E-state index contributed by atoms with van der Waals surface area (Å²) in [7, 11) is 0. The summed E-state index contributed by atoms with van der Waals surface area (Å²) >= 11 is 0. The van der Waals surface area contributed by atoms with E-state index in [1.165, 1.54) is 12.3 Å². The first-order valence-corrected chi connectivity index (χ1v) is 7.63. The molecule has 0 saturated heterocycles. The second-order valence-electron chi connectivity index (χ2n) is 5.59. The van der Waals surface area contributed by atoms with Crippen molar-refractivity contribution in [2.24, 2.45) is 0 Å². The summed E-state index contributed by atoms with van der Waals surface area (Å²) in [6.07, 6.45) is 1.20. The van der Waals surface area contributed by atoms with Crippen LogP contribution in [0, 0.1) is 11.6 Å². The van der Waals surface area contributed by atoms with Gasteiger partial charge in [0, 0.05) is 24.4 Å². The monoisotopic (exact) mass is 377 g/mol. The van der Waals surface area contributed by atoms with Gasteiger partial charge in [-0.3, -0.25) is 9.59 Å². The molecule has 1 amide bonds. The number of aliphatic hydroxyl groups is 1. The Morgan fingerprint density at radius 3 is 2.63 bits per heavy atom. The molecule has 0 aliphatic carbocycles. The molecule has 4 N–H and O–H groups in total. The maximum atomic E-state index is 13.7. The van der Waals surface area contributed by atoms with Gasteiger partial charge in [0.2, 0.25) is 0 Å². The first-order chi connectivity index (χ1) is 12.8. The van der Waals surface area contributed by atoms with Gasteiger partial charge in [0.25, 0.3) is 5.91 Å². The molecule has 0 atom stereocenters. The number of hydrogen-bond acceptors (Lipinski definition) is 6. The quantitative estimate of drug-likeness (QED) is 0.504. The number of fused-ring (bicyclic) bond motifs is 1. The molecule has 3 rings (SSSR count). The topological polar surface area (TPSA) is 125 Å². The zero-order valence-electron chi connectivity index (χ0n) is 13.6. The Morgan fingerprint density at radius 2 is 1.96 bits per heavy atom. The molecule has 8 nitrogen and oxygen atoms in total. The average molecular weight is 377 g/mol. The summed E-state index contributed by atoms with van der Waals surface area (Å²) in [4.78, 5) is 28.3. The van der Waals surface area contributed by atoms with Crippen LogP contribution in [0.5, 0.6) is 5.75 Å². The van der Waals surface area contributed by atoms with E-state index in [-0.39, 0.29) is 26.9 Å². The fraction of sp³-hybridized carbons (Fsp3) is 0.118. The molecule has 0 radical (unpaired) electrons. The summed E-state index contributed by atoms with van der Waals surface area (Å²) < 4.78 is 26.6. The molecule has 140 valence electrons. The minimum absolute atomic E-state index is 0.0490. The van der Waals surface area contributed by atoms with Crippen molar-refractivity contribution in [3.8, 4) is 5.75 Å². The lowest BCUT2D eigenvalue weighted by atomic mass is 10.1. The minimum atomic E-state index is -1.25. The number of pyridine rings is 2. The van der Waals surface area contributed by atoms with Crippen molar-refractivity contribution in [3.05, 3.63) is 69.1 Å². The van der Waals surface area contributed by atoms with Crippen LogP contribution in [0.2, 0.25) is 0 Å². The Labute approximate surface area is 149 Å². The third-order valence-electron chi connectivity index (χ3n) is 3.95. The van der Waals surface area contributed by atoms with Gasteiger partial charge < -0.3 is 20.7 Å².